The molecule has 0 radical (unpaired) electrons. The van der Waals surface area contributed by atoms with Gasteiger partial charge in [0.1, 0.15) is 11.6 Å². The van der Waals surface area contributed by atoms with E-state index in [1.54, 1.807) is 6.08 Å². The molecule has 2 aromatic rings. The number of hydrogen-bond acceptors (Lipinski definition) is 3. The van der Waals surface area contributed by atoms with E-state index in [2.05, 4.69) is 4.90 Å². The molecule has 0 saturated carbocycles. The van der Waals surface area contributed by atoms with Crippen LogP contribution in [0.25, 0.3) is 6.08 Å². The lowest BCUT2D eigenvalue weighted by Crippen LogP contribution is -2.36. The number of morpholine rings is 1. The van der Waals surface area contributed by atoms with E-state index in [0.717, 1.165) is 49.7 Å². The number of nitrogens with zero attached hydrogens (tertiary/aromatic N) is 1. The first-order valence-electron chi connectivity index (χ1n) is 7.74. The van der Waals surface area contributed by atoms with E-state index in [0.29, 0.717) is 6.07 Å². The summed E-state index contributed by atoms with van der Waals surface area (Å²) in [5.41, 5.74) is 1.80. The van der Waals surface area contributed by atoms with Gasteiger partial charge < -0.3 is 9.64 Å². The van der Waals surface area contributed by atoms with Gasteiger partial charge in [-0.15, -0.1) is 0 Å². The van der Waals surface area contributed by atoms with Gasteiger partial charge in [-0.25, -0.2) is 8.78 Å². The van der Waals surface area contributed by atoms with Gasteiger partial charge >= 0.3 is 0 Å². The average Bonchev–Trinajstić information content (AvgIpc) is 2.61. The van der Waals surface area contributed by atoms with E-state index in [-0.39, 0.29) is 5.56 Å². The van der Waals surface area contributed by atoms with Crippen molar-refractivity contribution in [2.24, 2.45) is 0 Å². The maximum Gasteiger partial charge on any atom is 0.188 e. The predicted molar refractivity (Wildman–Crippen MR) is 89.2 cm³/mol. The van der Waals surface area contributed by atoms with Crippen LogP contribution in [0, 0.1) is 11.6 Å². The fourth-order valence-corrected chi connectivity index (χ4v) is 2.57. The molecule has 1 aliphatic heterocycles. The van der Waals surface area contributed by atoms with Crippen molar-refractivity contribution in [1.82, 2.24) is 0 Å². The van der Waals surface area contributed by atoms with Crippen LogP contribution in [-0.4, -0.2) is 32.1 Å². The van der Waals surface area contributed by atoms with Gasteiger partial charge in [-0.05, 0) is 35.9 Å². The van der Waals surface area contributed by atoms with Crippen LogP contribution in [0.1, 0.15) is 15.9 Å². The van der Waals surface area contributed by atoms with Gasteiger partial charge in [-0.2, -0.15) is 0 Å². The molecule has 0 amide bonds. The maximum absolute atomic E-state index is 13.6. The summed E-state index contributed by atoms with van der Waals surface area (Å²) in [5, 5.41) is 0. The highest BCUT2D eigenvalue weighted by molar-refractivity contribution is 6.07. The number of anilines is 1. The lowest BCUT2D eigenvalue weighted by atomic mass is 10.1. The molecule has 0 spiro atoms. The predicted octanol–water partition coefficient (Wildman–Crippen LogP) is 3.70. The monoisotopic (exact) mass is 329 g/mol. The van der Waals surface area contributed by atoms with Crippen LogP contribution in [0.2, 0.25) is 0 Å². The minimum atomic E-state index is -0.854. The second kappa shape index (κ2) is 7.36. The van der Waals surface area contributed by atoms with Crippen LogP contribution in [0.3, 0.4) is 0 Å². The summed E-state index contributed by atoms with van der Waals surface area (Å²) in [5.74, 6) is -2.05. The number of allylic oxidation sites excluding steroid dienone is 1. The Balaban J connectivity index is 1.68. The van der Waals surface area contributed by atoms with Crippen molar-refractivity contribution >= 4 is 17.5 Å². The second-order valence-electron chi connectivity index (χ2n) is 5.51. The van der Waals surface area contributed by atoms with Crippen molar-refractivity contribution in [2.45, 2.75) is 0 Å². The third-order valence-electron chi connectivity index (χ3n) is 3.89. The average molecular weight is 329 g/mol. The van der Waals surface area contributed by atoms with Crippen molar-refractivity contribution in [3.63, 3.8) is 0 Å². The second-order valence-corrected chi connectivity index (χ2v) is 5.51. The topological polar surface area (TPSA) is 29.5 Å². The fourth-order valence-electron chi connectivity index (χ4n) is 2.57. The van der Waals surface area contributed by atoms with E-state index < -0.39 is 17.4 Å². The maximum atomic E-state index is 13.6. The Kier molecular flexibility index (Phi) is 5.01. The Morgan fingerprint density at radius 2 is 1.75 bits per heavy atom. The first-order chi connectivity index (χ1) is 11.6. The highest BCUT2D eigenvalue weighted by atomic mass is 19.1. The Bertz CT molecular complexity index is 750. The van der Waals surface area contributed by atoms with Gasteiger partial charge in [0, 0.05) is 24.8 Å². The van der Waals surface area contributed by atoms with Crippen LogP contribution in [0.15, 0.2) is 48.5 Å². The summed E-state index contributed by atoms with van der Waals surface area (Å²) >= 11 is 0. The molecule has 3 rings (SSSR count). The molecule has 5 heteroatoms. The van der Waals surface area contributed by atoms with Crippen molar-refractivity contribution in [3.05, 3.63) is 71.3 Å². The zero-order valence-electron chi connectivity index (χ0n) is 13.0. The van der Waals surface area contributed by atoms with Crippen LogP contribution in [0.4, 0.5) is 14.5 Å². The zero-order chi connectivity index (χ0) is 16.9. The number of ether oxygens (including phenoxy) is 1. The van der Waals surface area contributed by atoms with E-state index in [1.807, 2.05) is 24.3 Å². The SMILES string of the molecule is O=C(/C=C/c1ccc(N2CCOCC2)cc1)c1ccc(F)cc1F. The number of ketones is 1. The lowest BCUT2D eigenvalue weighted by Gasteiger charge is -2.28. The normalized spacial score (nSPS) is 15.0. The molecule has 0 unspecified atom stereocenters. The molecule has 124 valence electrons. The molecule has 24 heavy (non-hydrogen) atoms. The molecule has 0 N–H and O–H groups in total. The quantitative estimate of drug-likeness (QED) is 0.633. The van der Waals surface area contributed by atoms with Crippen LogP contribution in [-0.2, 0) is 4.74 Å². The number of carbonyl (C=O) groups is 1. The highest BCUT2D eigenvalue weighted by Crippen LogP contribution is 2.18. The first-order valence-corrected chi connectivity index (χ1v) is 7.74. The number of hydrogen-bond donors (Lipinski definition) is 0. The lowest BCUT2D eigenvalue weighted by molar-refractivity contribution is 0.104. The van der Waals surface area contributed by atoms with Crippen LogP contribution in [0.5, 0.6) is 0 Å². The molecular weight excluding hydrogens is 312 g/mol. The minimum absolute atomic E-state index is 0.141. The van der Waals surface area contributed by atoms with Gasteiger partial charge in [0.2, 0.25) is 0 Å². The number of rotatable bonds is 4. The standard InChI is InChI=1S/C19H17F2NO2/c20-15-4-7-17(18(21)13-15)19(23)8-3-14-1-5-16(6-2-14)22-9-11-24-12-10-22/h1-8,13H,9-12H2/b8-3+. The summed E-state index contributed by atoms with van der Waals surface area (Å²) in [7, 11) is 0. The molecule has 1 heterocycles. The number of halogens is 2. The first kappa shape index (κ1) is 16.3. The highest BCUT2D eigenvalue weighted by Gasteiger charge is 2.11. The third kappa shape index (κ3) is 3.86. The molecule has 1 aliphatic rings. The summed E-state index contributed by atoms with van der Waals surface area (Å²) < 4.78 is 31.8. The smallest absolute Gasteiger partial charge is 0.188 e. The van der Waals surface area contributed by atoms with Crippen molar-refractivity contribution in [1.29, 1.82) is 0 Å². The van der Waals surface area contributed by atoms with E-state index in [4.69, 9.17) is 4.74 Å². The molecule has 0 atom stereocenters. The molecule has 0 bridgehead atoms. The van der Waals surface area contributed by atoms with Crippen molar-refractivity contribution < 1.29 is 18.3 Å². The van der Waals surface area contributed by atoms with E-state index in [9.17, 15) is 13.6 Å². The van der Waals surface area contributed by atoms with E-state index in [1.165, 1.54) is 6.08 Å². The van der Waals surface area contributed by atoms with Crippen molar-refractivity contribution in [2.75, 3.05) is 31.2 Å². The van der Waals surface area contributed by atoms with Crippen LogP contribution >= 0.6 is 0 Å². The molecule has 0 aliphatic carbocycles. The van der Waals surface area contributed by atoms with Gasteiger partial charge in [-0.3, -0.25) is 4.79 Å². The Morgan fingerprint density at radius 1 is 1.04 bits per heavy atom. The summed E-state index contributed by atoms with van der Waals surface area (Å²) in [6.07, 6.45) is 2.91. The molecule has 3 nitrogen and oxygen atoms in total. The van der Waals surface area contributed by atoms with Gasteiger partial charge in [-0.1, -0.05) is 18.2 Å². The molecule has 2 aromatic carbocycles. The summed E-state index contributed by atoms with van der Waals surface area (Å²) in [6.45, 7) is 3.16. The molecule has 1 saturated heterocycles. The molecule has 0 aromatic heterocycles. The van der Waals surface area contributed by atoms with Crippen LogP contribution < -0.4 is 4.90 Å². The molecule has 1 fully saturated rings. The van der Waals surface area contributed by atoms with E-state index >= 15 is 0 Å². The largest absolute Gasteiger partial charge is 0.378 e. The Morgan fingerprint density at radius 3 is 2.42 bits per heavy atom. The summed E-state index contributed by atoms with van der Waals surface area (Å²) in [6, 6.07) is 10.7. The van der Waals surface area contributed by atoms with Gasteiger partial charge in [0.25, 0.3) is 0 Å². The van der Waals surface area contributed by atoms with Gasteiger partial charge in [0.15, 0.2) is 5.78 Å². The zero-order valence-corrected chi connectivity index (χ0v) is 13.0. The van der Waals surface area contributed by atoms with Crippen molar-refractivity contribution in [3.8, 4) is 0 Å². The third-order valence-corrected chi connectivity index (χ3v) is 3.89. The minimum Gasteiger partial charge on any atom is -0.378 e. The molecular formula is C19H17F2NO2. The van der Waals surface area contributed by atoms with Gasteiger partial charge in [0.05, 0.1) is 18.8 Å². The number of carbonyl (C=O) groups excluding carboxylic acids is 1. The Hall–Kier alpha value is -2.53. The Labute approximate surface area is 139 Å². The number of benzene rings is 2. The fraction of sp³-hybridized carbons (Fsp3) is 0.211. The summed E-state index contributed by atoms with van der Waals surface area (Å²) in [4.78, 5) is 14.2.